The Kier molecular flexibility index (Phi) is 4.78. The molecule has 0 aliphatic rings. The number of aryl methyl sites for hydroxylation is 1. The number of carboxylic acids is 1. The first kappa shape index (κ1) is 12.2. The highest BCUT2D eigenvalue weighted by Crippen LogP contribution is 2.23. The molecule has 0 unspecified atom stereocenters. The van der Waals surface area contributed by atoms with Crippen LogP contribution in [0.15, 0.2) is 22.7 Å². The van der Waals surface area contributed by atoms with Crippen LogP contribution in [0, 0.1) is 0 Å². The Morgan fingerprint density at radius 3 is 2.73 bits per heavy atom. The van der Waals surface area contributed by atoms with E-state index in [0.29, 0.717) is 13.0 Å². The Morgan fingerprint density at radius 1 is 1.47 bits per heavy atom. The smallest absolute Gasteiger partial charge is 0.303 e. The fourth-order valence-electron chi connectivity index (χ4n) is 1.33. The number of halogens is 1. The van der Waals surface area contributed by atoms with Gasteiger partial charge < -0.3 is 9.84 Å². The number of rotatable bonds is 5. The van der Waals surface area contributed by atoms with Gasteiger partial charge in [-0.05, 0) is 17.5 Å². The van der Waals surface area contributed by atoms with E-state index >= 15 is 0 Å². The molecule has 0 aliphatic heterocycles. The molecule has 0 atom stereocenters. The van der Waals surface area contributed by atoms with Crippen molar-refractivity contribution in [3.63, 3.8) is 0 Å². The van der Waals surface area contributed by atoms with Gasteiger partial charge in [-0.3, -0.25) is 4.79 Å². The summed E-state index contributed by atoms with van der Waals surface area (Å²) in [5.74, 6) is -0.779. The van der Waals surface area contributed by atoms with Crippen LogP contribution in [0.5, 0.6) is 0 Å². The molecule has 0 saturated carbocycles. The first-order chi connectivity index (χ1) is 7.15. The van der Waals surface area contributed by atoms with Gasteiger partial charge in [0.2, 0.25) is 0 Å². The SMILES string of the molecule is COCc1cccc(CCC(=O)O)c1Br. The number of hydrogen-bond donors (Lipinski definition) is 1. The molecule has 0 heterocycles. The Bertz CT molecular complexity index is 350. The van der Waals surface area contributed by atoms with Crippen molar-refractivity contribution < 1.29 is 14.6 Å². The number of carboxylic acid groups (broad SMARTS) is 1. The molecule has 3 nitrogen and oxygen atoms in total. The summed E-state index contributed by atoms with van der Waals surface area (Å²) in [5.41, 5.74) is 2.05. The van der Waals surface area contributed by atoms with Gasteiger partial charge in [0.15, 0.2) is 0 Å². The molecule has 0 saturated heterocycles. The minimum absolute atomic E-state index is 0.148. The summed E-state index contributed by atoms with van der Waals surface area (Å²) < 4.78 is 5.99. The Hall–Kier alpha value is -0.870. The normalized spacial score (nSPS) is 10.3. The fourth-order valence-corrected chi connectivity index (χ4v) is 1.91. The van der Waals surface area contributed by atoms with Gasteiger partial charge in [0.1, 0.15) is 0 Å². The van der Waals surface area contributed by atoms with Gasteiger partial charge >= 0.3 is 5.97 Å². The van der Waals surface area contributed by atoms with Crippen LogP contribution in [-0.4, -0.2) is 18.2 Å². The second-order valence-electron chi connectivity index (χ2n) is 3.22. The van der Waals surface area contributed by atoms with Gasteiger partial charge in [-0.15, -0.1) is 0 Å². The topological polar surface area (TPSA) is 46.5 Å². The van der Waals surface area contributed by atoms with Crippen LogP contribution >= 0.6 is 15.9 Å². The lowest BCUT2D eigenvalue weighted by atomic mass is 10.1. The summed E-state index contributed by atoms with van der Waals surface area (Å²) in [5, 5.41) is 8.60. The first-order valence-corrected chi connectivity index (χ1v) is 5.41. The van der Waals surface area contributed by atoms with Crippen LogP contribution in [0.25, 0.3) is 0 Å². The lowest BCUT2D eigenvalue weighted by molar-refractivity contribution is -0.136. The van der Waals surface area contributed by atoms with E-state index in [2.05, 4.69) is 15.9 Å². The molecule has 82 valence electrons. The molecule has 1 rings (SSSR count). The zero-order valence-corrected chi connectivity index (χ0v) is 10.1. The molecular formula is C11H13BrO3. The molecule has 15 heavy (non-hydrogen) atoms. The van der Waals surface area contributed by atoms with E-state index in [1.807, 2.05) is 18.2 Å². The number of benzene rings is 1. The lowest BCUT2D eigenvalue weighted by Gasteiger charge is -2.08. The maximum Gasteiger partial charge on any atom is 0.303 e. The summed E-state index contributed by atoms with van der Waals surface area (Å²) in [6.07, 6.45) is 0.683. The molecule has 0 aliphatic carbocycles. The zero-order chi connectivity index (χ0) is 11.3. The number of carbonyl (C=O) groups is 1. The summed E-state index contributed by atoms with van der Waals surface area (Å²) in [4.78, 5) is 10.5. The summed E-state index contributed by atoms with van der Waals surface area (Å²) in [6.45, 7) is 0.529. The molecule has 0 fully saturated rings. The largest absolute Gasteiger partial charge is 0.481 e. The molecule has 0 amide bonds. The number of ether oxygens (including phenoxy) is 1. The van der Waals surface area contributed by atoms with Crippen molar-refractivity contribution in [1.82, 2.24) is 0 Å². The van der Waals surface area contributed by atoms with E-state index in [1.165, 1.54) is 0 Å². The maximum absolute atomic E-state index is 10.5. The average Bonchev–Trinajstić information content (AvgIpc) is 2.19. The molecular weight excluding hydrogens is 260 g/mol. The van der Waals surface area contributed by atoms with Gasteiger partial charge in [-0.25, -0.2) is 0 Å². The molecule has 0 aromatic heterocycles. The van der Waals surface area contributed by atoms with Crippen molar-refractivity contribution in [1.29, 1.82) is 0 Å². The quantitative estimate of drug-likeness (QED) is 0.897. The van der Waals surface area contributed by atoms with E-state index in [1.54, 1.807) is 7.11 Å². The highest BCUT2D eigenvalue weighted by Gasteiger charge is 2.06. The van der Waals surface area contributed by atoms with Crippen LogP contribution in [0.3, 0.4) is 0 Å². The third-order valence-corrected chi connectivity index (χ3v) is 3.09. The first-order valence-electron chi connectivity index (χ1n) is 4.62. The summed E-state index contributed by atoms with van der Waals surface area (Å²) in [6, 6.07) is 5.79. The van der Waals surface area contributed by atoms with Crippen molar-refractivity contribution >= 4 is 21.9 Å². The van der Waals surface area contributed by atoms with E-state index < -0.39 is 5.97 Å². The fraction of sp³-hybridized carbons (Fsp3) is 0.364. The third kappa shape index (κ3) is 3.64. The minimum Gasteiger partial charge on any atom is -0.481 e. The van der Waals surface area contributed by atoms with Crippen LogP contribution in [0.4, 0.5) is 0 Å². The maximum atomic E-state index is 10.5. The molecule has 0 radical (unpaired) electrons. The van der Waals surface area contributed by atoms with Gasteiger partial charge in [-0.2, -0.15) is 0 Å². The van der Waals surface area contributed by atoms with Gasteiger partial charge in [0, 0.05) is 18.0 Å². The van der Waals surface area contributed by atoms with Gasteiger partial charge in [-0.1, -0.05) is 34.1 Å². The lowest BCUT2D eigenvalue weighted by Crippen LogP contribution is -1.99. The summed E-state index contributed by atoms with van der Waals surface area (Å²) in [7, 11) is 1.64. The van der Waals surface area contributed by atoms with E-state index in [4.69, 9.17) is 9.84 Å². The third-order valence-electron chi connectivity index (χ3n) is 2.07. The highest BCUT2D eigenvalue weighted by atomic mass is 79.9. The Morgan fingerprint density at radius 2 is 2.13 bits per heavy atom. The van der Waals surface area contributed by atoms with Crippen molar-refractivity contribution in [3.05, 3.63) is 33.8 Å². The second-order valence-corrected chi connectivity index (χ2v) is 4.01. The van der Waals surface area contributed by atoms with Crippen LogP contribution in [0.1, 0.15) is 17.5 Å². The van der Waals surface area contributed by atoms with E-state index in [-0.39, 0.29) is 6.42 Å². The molecule has 1 aromatic rings. The van der Waals surface area contributed by atoms with Crippen molar-refractivity contribution in [3.8, 4) is 0 Å². The van der Waals surface area contributed by atoms with Crippen LogP contribution in [0.2, 0.25) is 0 Å². The minimum atomic E-state index is -0.779. The molecule has 1 N–H and O–H groups in total. The molecule has 4 heteroatoms. The Labute approximate surface area is 97.2 Å². The molecule has 1 aromatic carbocycles. The molecule has 0 bridgehead atoms. The van der Waals surface area contributed by atoms with Crippen molar-refractivity contribution in [2.45, 2.75) is 19.4 Å². The van der Waals surface area contributed by atoms with Gasteiger partial charge in [0.05, 0.1) is 6.61 Å². The average molecular weight is 273 g/mol. The van der Waals surface area contributed by atoms with Crippen LogP contribution < -0.4 is 0 Å². The predicted octanol–water partition coefficient (Wildman–Crippen LogP) is 2.61. The van der Waals surface area contributed by atoms with Crippen molar-refractivity contribution in [2.24, 2.45) is 0 Å². The second kappa shape index (κ2) is 5.88. The monoisotopic (exact) mass is 272 g/mol. The number of aliphatic carboxylic acids is 1. The molecule has 0 spiro atoms. The van der Waals surface area contributed by atoms with E-state index in [0.717, 1.165) is 15.6 Å². The highest BCUT2D eigenvalue weighted by molar-refractivity contribution is 9.10. The number of methoxy groups -OCH3 is 1. The zero-order valence-electron chi connectivity index (χ0n) is 8.50. The summed E-state index contributed by atoms with van der Waals surface area (Å²) >= 11 is 3.46. The standard InChI is InChI=1S/C11H13BrO3/c1-15-7-9-4-2-3-8(11(9)12)5-6-10(13)14/h2-4H,5-7H2,1H3,(H,13,14). The van der Waals surface area contributed by atoms with Gasteiger partial charge in [0.25, 0.3) is 0 Å². The predicted molar refractivity (Wildman–Crippen MR) is 60.8 cm³/mol. The number of hydrogen-bond acceptors (Lipinski definition) is 2. The Balaban J connectivity index is 2.79. The van der Waals surface area contributed by atoms with Crippen molar-refractivity contribution in [2.75, 3.05) is 7.11 Å². The van der Waals surface area contributed by atoms with E-state index in [9.17, 15) is 4.79 Å². The van der Waals surface area contributed by atoms with Crippen LogP contribution in [-0.2, 0) is 22.6 Å².